The second-order valence-electron chi connectivity index (χ2n) is 5.30. The number of aliphatic hydroxyl groups excluding tert-OH is 1. The van der Waals surface area contributed by atoms with Gasteiger partial charge in [-0.05, 0) is 26.2 Å². The Bertz CT molecular complexity index is 362. The highest BCUT2D eigenvalue weighted by Gasteiger charge is 2.27. The predicted molar refractivity (Wildman–Crippen MR) is 85.2 cm³/mol. The zero-order chi connectivity index (χ0) is 14.3. The van der Waals surface area contributed by atoms with Crippen LogP contribution in [0, 0.1) is 6.92 Å². The Morgan fingerprint density at radius 1 is 1.53 bits per heavy atom. The first kappa shape index (κ1) is 17.0. The zero-order valence-electron chi connectivity index (χ0n) is 12.4. The van der Waals surface area contributed by atoms with Crippen LogP contribution in [0.4, 0.5) is 0 Å². The van der Waals surface area contributed by atoms with E-state index in [-0.39, 0.29) is 12.1 Å². The second kappa shape index (κ2) is 8.25. The average molecular weight is 303 g/mol. The molecule has 0 saturated heterocycles. The summed E-state index contributed by atoms with van der Waals surface area (Å²) in [5, 5.41) is 15.3. The van der Waals surface area contributed by atoms with Crippen molar-refractivity contribution in [1.82, 2.24) is 10.3 Å². The Hall–Kier alpha value is -0.100. The molecule has 0 bridgehead atoms. The molecule has 0 spiro atoms. The van der Waals surface area contributed by atoms with Gasteiger partial charge in [0.15, 0.2) is 0 Å². The van der Waals surface area contributed by atoms with E-state index in [1.165, 1.54) is 0 Å². The number of rotatable bonds is 9. The van der Waals surface area contributed by atoms with Gasteiger partial charge in [-0.15, -0.1) is 11.3 Å². The number of aryl methyl sites for hydroxylation is 1. The van der Waals surface area contributed by atoms with E-state index >= 15 is 0 Å². The number of hydrogen-bond acceptors (Lipinski definition) is 5. The van der Waals surface area contributed by atoms with Gasteiger partial charge in [0, 0.05) is 28.4 Å². The molecule has 1 aromatic rings. The minimum absolute atomic E-state index is 0.118. The van der Waals surface area contributed by atoms with E-state index in [0.717, 1.165) is 35.0 Å². The molecule has 1 aromatic heterocycles. The summed E-state index contributed by atoms with van der Waals surface area (Å²) in [5.74, 6) is 1.06. The third kappa shape index (κ3) is 5.81. The smallest absolute Gasteiger partial charge is 0.150 e. The van der Waals surface area contributed by atoms with Crippen molar-refractivity contribution >= 4 is 23.1 Å². The number of thioether (sulfide) groups is 1. The van der Waals surface area contributed by atoms with Gasteiger partial charge in [-0.3, -0.25) is 0 Å². The first-order valence-corrected chi connectivity index (χ1v) is 8.81. The normalized spacial score (nSPS) is 14.8. The molecule has 110 valence electrons. The van der Waals surface area contributed by atoms with Gasteiger partial charge in [0.25, 0.3) is 0 Å². The fourth-order valence-corrected chi connectivity index (χ4v) is 4.03. The molecule has 0 aromatic carbocycles. The Morgan fingerprint density at radius 3 is 2.74 bits per heavy atom. The van der Waals surface area contributed by atoms with Gasteiger partial charge in [-0.1, -0.05) is 32.5 Å². The largest absolute Gasteiger partial charge is 0.394 e. The van der Waals surface area contributed by atoms with E-state index in [4.69, 9.17) is 0 Å². The van der Waals surface area contributed by atoms with Gasteiger partial charge >= 0.3 is 0 Å². The van der Waals surface area contributed by atoms with Crippen LogP contribution in [0.2, 0.25) is 0 Å². The molecule has 19 heavy (non-hydrogen) atoms. The fourth-order valence-electron chi connectivity index (χ4n) is 2.17. The van der Waals surface area contributed by atoms with Crippen molar-refractivity contribution in [2.24, 2.45) is 0 Å². The molecule has 1 rings (SSSR count). The van der Waals surface area contributed by atoms with Crippen molar-refractivity contribution in [3.8, 4) is 0 Å². The molecule has 0 aliphatic rings. The molecule has 2 N–H and O–H groups in total. The van der Waals surface area contributed by atoms with Gasteiger partial charge in [-0.25, -0.2) is 4.98 Å². The van der Waals surface area contributed by atoms with Crippen LogP contribution in [0.25, 0.3) is 0 Å². The molecule has 0 aliphatic heterocycles. The molecular weight excluding hydrogens is 276 g/mol. The number of nitrogens with one attached hydrogen (secondary N) is 1. The molecule has 0 amide bonds. The molecule has 0 aliphatic carbocycles. The summed E-state index contributed by atoms with van der Waals surface area (Å²) in [5.41, 5.74) is 0.986. The molecule has 5 heteroatoms. The van der Waals surface area contributed by atoms with Crippen LogP contribution in [0.3, 0.4) is 0 Å². The van der Waals surface area contributed by atoms with Gasteiger partial charge in [0.2, 0.25) is 0 Å². The van der Waals surface area contributed by atoms with Gasteiger partial charge in [0.1, 0.15) is 4.34 Å². The number of aliphatic hydroxyl groups is 1. The van der Waals surface area contributed by atoms with Crippen LogP contribution in [0.15, 0.2) is 9.72 Å². The highest BCUT2D eigenvalue weighted by molar-refractivity contribution is 8.00. The van der Waals surface area contributed by atoms with Crippen molar-refractivity contribution in [2.45, 2.75) is 62.9 Å². The first-order chi connectivity index (χ1) is 9.01. The number of thiazole rings is 1. The van der Waals surface area contributed by atoms with E-state index < -0.39 is 0 Å². The molecule has 1 atom stereocenters. The number of hydrogen-bond donors (Lipinski definition) is 2. The Balaban J connectivity index is 2.35. The topological polar surface area (TPSA) is 45.2 Å². The van der Waals surface area contributed by atoms with E-state index in [1.54, 1.807) is 11.3 Å². The molecule has 1 heterocycles. The maximum atomic E-state index is 9.67. The standard InChI is InChI=1S/C14H26N2OS2/c1-5-14(10-17,16-11(2)3)7-6-8-18-13-15-12(4)9-19-13/h9,11,16-17H,5-8,10H2,1-4H3. The minimum atomic E-state index is -0.118. The fraction of sp³-hybridized carbons (Fsp3) is 0.786. The Labute approximate surface area is 125 Å². The quantitative estimate of drug-likeness (QED) is 0.541. The molecule has 0 fully saturated rings. The third-order valence-corrected chi connectivity index (χ3v) is 5.42. The lowest BCUT2D eigenvalue weighted by Crippen LogP contribution is -2.51. The van der Waals surface area contributed by atoms with Crippen molar-refractivity contribution < 1.29 is 5.11 Å². The molecule has 0 saturated carbocycles. The molecule has 3 nitrogen and oxygen atoms in total. The van der Waals surface area contributed by atoms with Crippen LogP contribution in [0.1, 0.15) is 45.7 Å². The maximum absolute atomic E-state index is 9.67. The lowest BCUT2D eigenvalue weighted by Gasteiger charge is -2.34. The van der Waals surface area contributed by atoms with Crippen molar-refractivity contribution in [1.29, 1.82) is 0 Å². The van der Waals surface area contributed by atoms with E-state index in [2.05, 4.69) is 36.5 Å². The van der Waals surface area contributed by atoms with Crippen LogP contribution in [-0.4, -0.2) is 34.0 Å². The summed E-state index contributed by atoms with van der Waals surface area (Å²) in [6, 6.07) is 0.404. The van der Waals surface area contributed by atoms with Gasteiger partial charge in [-0.2, -0.15) is 0 Å². The number of aromatic nitrogens is 1. The molecular formula is C14H26N2OS2. The summed E-state index contributed by atoms with van der Waals surface area (Å²) in [6.07, 6.45) is 3.07. The summed E-state index contributed by atoms with van der Waals surface area (Å²) in [6.45, 7) is 8.65. The average Bonchev–Trinajstić information content (AvgIpc) is 2.78. The zero-order valence-corrected chi connectivity index (χ0v) is 14.0. The molecule has 1 unspecified atom stereocenters. The number of nitrogens with zero attached hydrogens (tertiary/aromatic N) is 1. The SMILES string of the molecule is CCC(CO)(CCCSc1nc(C)cs1)NC(C)C. The highest BCUT2D eigenvalue weighted by Crippen LogP contribution is 2.25. The Morgan fingerprint density at radius 2 is 2.26 bits per heavy atom. The maximum Gasteiger partial charge on any atom is 0.150 e. The van der Waals surface area contributed by atoms with Crippen molar-refractivity contribution in [3.05, 3.63) is 11.1 Å². The van der Waals surface area contributed by atoms with E-state index in [1.807, 2.05) is 18.7 Å². The summed E-state index contributed by atoms with van der Waals surface area (Å²) in [7, 11) is 0. The summed E-state index contributed by atoms with van der Waals surface area (Å²) >= 11 is 3.54. The van der Waals surface area contributed by atoms with Crippen molar-refractivity contribution in [3.63, 3.8) is 0 Å². The van der Waals surface area contributed by atoms with E-state index in [0.29, 0.717) is 6.04 Å². The van der Waals surface area contributed by atoms with Gasteiger partial charge in [0.05, 0.1) is 6.61 Å². The first-order valence-electron chi connectivity index (χ1n) is 6.95. The molecule has 0 radical (unpaired) electrons. The van der Waals surface area contributed by atoms with Crippen LogP contribution in [0.5, 0.6) is 0 Å². The van der Waals surface area contributed by atoms with Crippen LogP contribution < -0.4 is 5.32 Å². The van der Waals surface area contributed by atoms with Crippen molar-refractivity contribution in [2.75, 3.05) is 12.4 Å². The van der Waals surface area contributed by atoms with Crippen LogP contribution in [-0.2, 0) is 0 Å². The summed E-state index contributed by atoms with van der Waals surface area (Å²) in [4.78, 5) is 4.45. The Kier molecular flexibility index (Phi) is 7.36. The second-order valence-corrected chi connectivity index (χ2v) is 7.50. The van der Waals surface area contributed by atoms with E-state index in [9.17, 15) is 5.11 Å². The summed E-state index contributed by atoms with van der Waals surface area (Å²) < 4.78 is 1.15. The monoisotopic (exact) mass is 302 g/mol. The lowest BCUT2D eigenvalue weighted by atomic mass is 9.91. The minimum Gasteiger partial charge on any atom is -0.394 e. The predicted octanol–water partition coefficient (Wildman–Crippen LogP) is 3.46. The highest BCUT2D eigenvalue weighted by atomic mass is 32.2. The lowest BCUT2D eigenvalue weighted by molar-refractivity contribution is 0.137. The third-order valence-electron chi connectivity index (χ3n) is 3.20. The van der Waals surface area contributed by atoms with Crippen LogP contribution >= 0.6 is 23.1 Å². The van der Waals surface area contributed by atoms with Gasteiger partial charge < -0.3 is 10.4 Å².